The maximum atomic E-state index is 10.5. The van der Waals surface area contributed by atoms with Crippen molar-refractivity contribution in [3.63, 3.8) is 0 Å². The predicted molar refractivity (Wildman–Crippen MR) is 50.1 cm³/mol. The highest BCUT2D eigenvalue weighted by atomic mass is 16.4. The van der Waals surface area contributed by atoms with Gasteiger partial charge < -0.3 is 5.11 Å². The largest absolute Gasteiger partial charge is 0.481 e. The molecule has 0 aromatic rings. The molecule has 0 radical (unpaired) electrons. The highest BCUT2D eigenvalue weighted by Gasteiger charge is 2.13. The van der Waals surface area contributed by atoms with E-state index in [1.54, 1.807) is 0 Å². The molecule has 0 aromatic carbocycles. The van der Waals surface area contributed by atoms with Gasteiger partial charge in [0.15, 0.2) is 0 Å². The Morgan fingerprint density at radius 3 is 2.33 bits per heavy atom. The first kappa shape index (κ1) is 11.5. The number of carboxylic acid groups (broad SMARTS) is 1. The van der Waals surface area contributed by atoms with Crippen molar-refractivity contribution in [3.05, 3.63) is 0 Å². The monoisotopic (exact) mass is 172 g/mol. The highest BCUT2D eigenvalue weighted by molar-refractivity contribution is 5.66. The maximum Gasteiger partial charge on any atom is 0.303 e. The summed E-state index contributed by atoms with van der Waals surface area (Å²) in [4.78, 5) is 10.5. The van der Waals surface area contributed by atoms with Gasteiger partial charge >= 0.3 is 5.97 Å². The van der Waals surface area contributed by atoms with E-state index in [-0.39, 0.29) is 0 Å². The van der Waals surface area contributed by atoms with Crippen LogP contribution in [0.2, 0.25) is 0 Å². The Balaban J connectivity index is 3.77. The van der Waals surface area contributed by atoms with E-state index < -0.39 is 5.97 Å². The smallest absolute Gasteiger partial charge is 0.303 e. The first-order valence-electron chi connectivity index (χ1n) is 4.78. The maximum absolute atomic E-state index is 10.5. The van der Waals surface area contributed by atoms with E-state index in [0.717, 1.165) is 19.3 Å². The van der Waals surface area contributed by atoms with Gasteiger partial charge in [0.25, 0.3) is 0 Å². The number of carbonyl (C=O) groups is 1. The zero-order valence-corrected chi connectivity index (χ0v) is 8.34. The third kappa shape index (κ3) is 6.20. The Hall–Kier alpha value is -0.530. The topological polar surface area (TPSA) is 37.3 Å². The summed E-state index contributed by atoms with van der Waals surface area (Å²) in [6.45, 7) is 6.39. The summed E-state index contributed by atoms with van der Waals surface area (Å²) < 4.78 is 0. The van der Waals surface area contributed by atoms with Crippen LogP contribution in [0, 0.1) is 11.8 Å². The van der Waals surface area contributed by atoms with Crippen molar-refractivity contribution in [1.82, 2.24) is 0 Å². The van der Waals surface area contributed by atoms with Gasteiger partial charge in [0, 0.05) is 6.42 Å². The van der Waals surface area contributed by atoms with Gasteiger partial charge in [-0.1, -0.05) is 33.6 Å². The van der Waals surface area contributed by atoms with Crippen LogP contribution in [0.3, 0.4) is 0 Å². The lowest BCUT2D eigenvalue weighted by molar-refractivity contribution is -0.138. The normalized spacial score (nSPS) is 13.3. The summed E-state index contributed by atoms with van der Waals surface area (Å²) >= 11 is 0. The molecule has 0 aliphatic heterocycles. The van der Waals surface area contributed by atoms with Crippen LogP contribution in [0.4, 0.5) is 0 Å². The van der Waals surface area contributed by atoms with Crippen molar-refractivity contribution in [2.75, 3.05) is 0 Å². The molecule has 0 aliphatic rings. The lowest BCUT2D eigenvalue weighted by atomic mass is 9.90. The number of hydrogen-bond acceptors (Lipinski definition) is 1. The molecule has 0 fully saturated rings. The van der Waals surface area contributed by atoms with Crippen molar-refractivity contribution in [2.24, 2.45) is 11.8 Å². The summed E-state index contributed by atoms with van der Waals surface area (Å²) in [7, 11) is 0. The molecule has 2 heteroatoms. The second-order valence-corrected chi connectivity index (χ2v) is 3.88. The van der Waals surface area contributed by atoms with Crippen LogP contribution in [-0.4, -0.2) is 11.1 Å². The molecule has 0 spiro atoms. The zero-order valence-electron chi connectivity index (χ0n) is 8.34. The molecular formula is C10H20O2. The molecule has 0 aromatic heterocycles. The number of aliphatic carboxylic acids is 1. The van der Waals surface area contributed by atoms with E-state index in [4.69, 9.17) is 5.11 Å². The standard InChI is InChI=1S/C10H20O2/c1-4-5-9(6-8(2)3)7-10(11)12/h8-9H,4-7H2,1-3H3,(H,11,12). The van der Waals surface area contributed by atoms with Gasteiger partial charge in [0.1, 0.15) is 0 Å². The van der Waals surface area contributed by atoms with Gasteiger partial charge in [-0.15, -0.1) is 0 Å². The predicted octanol–water partition coefficient (Wildman–Crippen LogP) is 2.92. The highest BCUT2D eigenvalue weighted by Crippen LogP contribution is 2.20. The van der Waals surface area contributed by atoms with Crippen LogP contribution in [0.15, 0.2) is 0 Å². The fourth-order valence-corrected chi connectivity index (χ4v) is 1.63. The molecule has 2 nitrogen and oxygen atoms in total. The van der Waals surface area contributed by atoms with Gasteiger partial charge in [-0.05, 0) is 18.3 Å². The average molecular weight is 172 g/mol. The molecule has 0 saturated carbocycles. The Morgan fingerprint density at radius 2 is 2.00 bits per heavy atom. The quantitative estimate of drug-likeness (QED) is 0.668. The van der Waals surface area contributed by atoms with Crippen molar-refractivity contribution in [3.8, 4) is 0 Å². The minimum atomic E-state index is -0.658. The van der Waals surface area contributed by atoms with E-state index in [1.165, 1.54) is 0 Å². The van der Waals surface area contributed by atoms with Gasteiger partial charge in [-0.3, -0.25) is 4.79 Å². The molecule has 1 unspecified atom stereocenters. The average Bonchev–Trinajstić information content (AvgIpc) is 1.84. The van der Waals surface area contributed by atoms with Crippen molar-refractivity contribution in [2.45, 2.75) is 46.5 Å². The van der Waals surface area contributed by atoms with Crippen LogP contribution >= 0.6 is 0 Å². The molecule has 0 saturated heterocycles. The van der Waals surface area contributed by atoms with Crippen LogP contribution in [0.25, 0.3) is 0 Å². The molecule has 0 bridgehead atoms. The van der Waals surface area contributed by atoms with Crippen molar-refractivity contribution in [1.29, 1.82) is 0 Å². The second kappa shape index (κ2) is 6.04. The summed E-state index contributed by atoms with van der Waals surface area (Å²) in [6.07, 6.45) is 3.52. The molecule has 1 N–H and O–H groups in total. The summed E-state index contributed by atoms with van der Waals surface area (Å²) in [5.41, 5.74) is 0. The summed E-state index contributed by atoms with van der Waals surface area (Å²) in [6, 6.07) is 0. The van der Waals surface area contributed by atoms with Gasteiger partial charge in [0.05, 0.1) is 0 Å². The fourth-order valence-electron chi connectivity index (χ4n) is 1.63. The van der Waals surface area contributed by atoms with E-state index >= 15 is 0 Å². The Morgan fingerprint density at radius 1 is 1.42 bits per heavy atom. The first-order chi connectivity index (χ1) is 5.56. The molecule has 0 rings (SSSR count). The van der Waals surface area contributed by atoms with Gasteiger partial charge in [-0.25, -0.2) is 0 Å². The summed E-state index contributed by atoms with van der Waals surface area (Å²) in [5, 5.41) is 8.62. The minimum Gasteiger partial charge on any atom is -0.481 e. The number of carboxylic acids is 1. The van der Waals surface area contributed by atoms with E-state index in [2.05, 4.69) is 20.8 Å². The third-order valence-electron chi connectivity index (χ3n) is 1.96. The van der Waals surface area contributed by atoms with Gasteiger partial charge in [-0.2, -0.15) is 0 Å². The van der Waals surface area contributed by atoms with Crippen LogP contribution < -0.4 is 0 Å². The van der Waals surface area contributed by atoms with Gasteiger partial charge in [0.2, 0.25) is 0 Å². The Bertz CT molecular complexity index is 130. The zero-order chi connectivity index (χ0) is 9.56. The lowest BCUT2D eigenvalue weighted by Gasteiger charge is -2.15. The SMILES string of the molecule is CCCC(CC(=O)O)CC(C)C. The molecular weight excluding hydrogens is 152 g/mol. The molecule has 12 heavy (non-hydrogen) atoms. The molecule has 1 atom stereocenters. The molecule has 72 valence electrons. The number of hydrogen-bond donors (Lipinski definition) is 1. The van der Waals surface area contributed by atoms with E-state index in [0.29, 0.717) is 18.3 Å². The molecule has 0 aliphatic carbocycles. The van der Waals surface area contributed by atoms with Crippen LogP contribution in [0.1, 0.15) is 46.5 Å². The number of rotatable bonds is 6. The summed E-state index contributed by atoms with van der Waals surface area (Å²) in [5.74, 6) is 0.336. The molecule has 0 amide bonds. The second-order valence-electron chi connectivity index (χ2n) is 3.88. The van der Waals surface area contributed by atoms with E-state index in [9.17, 15) is 4.79 Å². The van der Waals surface area contributed by atoms with Crippen molar-refractivity contribution >= 4 is 5.97 Å². The third-order valence-corrected chi connectivity index (χ3v) is 1.96. The Kier molecular flexibility index (Phi) is 5.77. The van der Waals surface area contributed by atoms with Crippen molar-refractivity contribution < 1.29 is 9.90 Å². The molecule has 0 heterocycles. The van der Waals surface area contributed by atoms with Crippen LogP contribution in [0.5, 0.6) is 0 Å². The fraction of sp³-hybridized carbons (Fsp3) is 0.900. The van der Waals surface area contributed by atoms with E-state index in [1.807, 2.05) is 0 Å². The lowest BCUT2D eigenvalue weighted by Crippen LogP contribution is -2.10. The first-order valence-corrected chi connectivity index (χ1v) is 4.78. The van der Waals surface area contributed by atoms with Crippen LogP contribution in [-0.2, 0) is 4.79 Å². The Labute approximate surface area is 75.0 Å². The minimum absolute atomic E-state index is 0.339.